The van der Waals surface area contributed by atoms with Crippen LogP contribution in [-0.4, -0.2) is 22.6 Å². The van der Waals surface area contributed by atoms with Gasteiger partial charge < -0.3 is 10.0 Å². The van der Waals surface area contributed by atoms with Crippen LogP contribution in [0.15, 0.2) is 36.4 Å². The van der Waals surface area contributed by atoms with Crippen molar-refractivity contribution in [3.63, 3.8) is 0 Å². The van der Waals surface area contributed by atoms with Gasteiger partial charge in [-0.2, -0.15) is 0 Å². The number of aryl methyl sites for hydroxylation is 1. The van der Waals surface area contributed by atoms with Gasteiger partial charge in [-0.25, -0.2) is 9.18 Å². The summed E-state index contributed by atoms with van der Waals surface area (Å²) in [5.41, 5.74) is 1.72. The summed E-state index contributed by atoms with van der Waals surface area (Å²) in [6.07, 6.45) is 0. The summed E-state index contributed by atoms with van der Waals surface area (Å²) in [7, 11) is 0. The van der Waals surface area contributed by atoms with Crippen LogP contribution in [0.3, 0.4) is 0 Å². The summed E-state index contributed by atoms with van der Waals surface area (Å²) in [6, 6.07) is 9.69. The molecule has 0 amide bonds. The topological polar surface area (TPSA) is 53.4 Å². The molecule has 5 heteroatoms. The van der Waals surface area contributed by atoms with E-state index < -0.39 is 11.8 Å². The van der Waals surface area contributed by atoms with Crippen LogP contribution in [0.25, 0.3) is 0 Å². The van der Waals surface area contributed by atoms with Crippen LogP contribution in [-0.2, 0) is 6.54 Å². The van der Waals surface area contributed by atoms with E-state index in [1.165, 1.54) is 18.2 Å². The van der Waals surface area contributed by atoms with Gasteiger partial charge >= 0.3 is 5.97 Å². The van der Waals surface area contributed by atoms with Gasteiger partial charge in [0.25, 0.3) is 0 Å². The fourth-order valence-electron chi connectivity index (χ4n) is 2.24. The fraction of sp³-hybridized carbons (Fsp3) is 0.250. The van der Waals surface area contributed by atoms with E-state index in [-0.39, 0.29) is 11.3 Å². The molecular weight excluding hydrogens is 271 g/mol. The van der Waals surface area contributed by atoms with Crippen molar-refractivity contribution in [1.29, 1.82) is 0 Å². The molecular formula is C16H17FN2O2. The summed E-state index contributed by atoms with van der Waals surface area (Å²) < 4.78 is 14.1. The van der Waals surface area contributed by atoms with Crippen LogP contribution in [0.4, 0.5) is 10.1 Å². The van der Waals surface area contributed by atoms with Crippen LogP contribution in [0.1, 0.15) is 28.7 Å². The maximum absolute atomic E-state index is 14.1. The zero-order chi connectivity index (χ0) is 15.4. The number of hydrogen-bond donors (Lipinski definition) is 1. The van der Waals surface area contributed by atoms with Crippen LogP contribution < -0.4 is 4.90 Å². The van der Waals surface area contributed by atoms with E-state index in [0.29, 0.717) is 13.1 Å². The summed E-state index contributed by atoms with van der Waals surface area (Å²) >= 11 is 0. The summed E-state index contributed by atoms with van der Waals surface area (Å²) in [5.74, 6) is -1.68. The number of carbonyl (C=O) groups is 1. The molecule has 1 aromatic carbocycles. The molecule has 21 heavy (non-hydrogen) atoms. The maximum Gasteiger partial charge on any atom is 0.337 e. The van der Waals surface area contributed by atoms with Crippen molar-refractivity contribution < 1.29 is 14.3 Å². The van der Waals surface area contributed by atoms with E-state index >= 15 is 0 Å². The third-order valence-corrected chi connectivity index (χ3v) is 3.21. The van der Waals surface area contributed by atoms with E-state index in [9.17, 15) is 14.3 Å². The largest absolute Gasteiger partial charge is 0.478 e. The van der Waals surface area contributed by atoms with Gasteiger partial charge in [0, 0.05) is 12.2 Å². The molecule has 0 aliphatic heterocycles. The van der Waals surface area contributed by atoms with Crippen molar-refractivity contribution in [3.05, 3.63) is 59.2 Å². The number of nitrogens with zero attached hydrogens (tertiary/aromatic N) is 2. The lowest BCUT2D eigenvalue weighted by Gasteiger charge is -2.25. The number of aromatic nitrogens is 1. The van der Waals surface area contributed by atoms with Gasteiger partial charge in [0.05, 0.1) is 23.5 Å². The minimum absolute atomic E-state index is 0.0375. The molecule has 1 heterocycles. The Kier molecular flexibility index (Phi) is 4.52. The molecule has 0 bridgehead atoms. The molecule has 2 rings (SSSR count). The highest BCUT2D eigenvalue weighted by molar-refractivity contribution is 5.94. The number of carboxylic acid groups (broad SMARTS) is 1. The van der Waals surface area contributed by atoms with E-state index in [2.05, 4.69) is 4.98 Å². The first-order valence-corrected chi connectivity index (χ1v) is 6.72. The molecule has 0 radical (unpaired) electrons. The Hall–Kier alpha value is -2.43. The minimum Gasteiger partial charge on any atom is -0.478 e. The molecule has 0 unspecified atom stereocenters. The van der Waals surface area contributed by atoms with Gasteiger partial charge in [-0.05, 0) is 38.1 Å². The average Bonchev–Trinajstić information content (AvgIpc) is 2.45. The molecule has 0 aliphatic carbocycles. The number of benzene rings is 1. The predicted molar refractivity (Wildman–Crippen MR) is 79.1 cm³/mol. The second-order valence-electron chi connectivity index (χ2n) is 4.73. The quantitative estimate of drug-likeness (QED) is 0.917. The van der Waals surface area contributed by atoms with E-state index in [0.717, 1.165) is 11.4 Å². The molecule has 2 aromatic rings. The third kappa shape index (κ3) is 3.37. The third-order valence-electron chi connectivity index (χ3n) is 3.21. The Bertz CT molecular complexity index is 658. The lowest BCUT2D eigenvalue weighted by atomic mass is 10.1. The highest BCUT2D eigenvalue weighted by atomic mass is 19.1. The van der Waals surface area contributed by atoms with Crippen LogP contribution in [0.2, 0.25) is 0 Å². The van der Waals surface area contributed by atoms with Gasteiger partial charge in [0.1, 0.15) is 5.82 Å². The summed E-state index contributed by atoms with van der Waals surface area (Å²) in [4.78, 5) is 17.4. The number of aromatic carboxylic acids is 1. The summed E-state index contributed by atoms with van der Waals surface area (Å²) in [6.45, 7) is 4.58. The number of halogens is 1. The molecule has 1 aromatic heterocycles. The van der Waals surface area contributed by atoms with Crippen molar-refractivity contribution in [2.45, 2.75) is 20.4 Å². The second kappa shape index (κ2) is 6.35. The molecule has 0 saturated heterocycles. The first kappa shape index (κ1) is 15.0. The average molecular weight is 288 g/mol. The number of pyridine rings is 1. The standard InChI is InChI=1S/C16H17FN2O2/c1-3-19(10-12-7-4-6-11(2)18-12)15-13(16(20)21)8-5-9-14(15)17/h4-9H,3,10H2,1-2H3,(H,20,21). The van der Waals surface area contributed by atoms with Crippen molar-refractivity contribution in [2.24, 2.45) is 0 Å². The zero-order valence-corrected chi connectivity index (χ0v) is 12.0. The van der Waals surface area contributed by atoms with Crippen LogP contribution >= 0.6 is 0 Å². The van der Waals surface area contributed by atoms with E-state index in [4.69, 9.17) is 0 Å². The summed E-state index contributed by atoms with van der Waals surface area (Å²) in [5, 5.41) is 9.24. The number of anilines is 1. The number of carboxylic acids is 1. The Morgan fingerprint density at radius 1 is 1.29 bits per heavy atom. The molecule has 0 aliphatic rings. The van der Waals surface area contributed by atoms with Gasteiger partial charge in [0.2, 0.25) is 0 Å². The Morgan fingerprint density at radius 2 is 2.00 bits per heavy atom. The first-order chi connectivity index (χ1) is 10.0. The molecule has 4 nitrogen and oxygen atoms in total. The first-order valence-electron chi connectivity index (χ1n) is 6.72. The molecule has 0 spiro atoms. The van der Waals surface area contributed by atoms with Crippen molar-refractivity contribution in [1.82, 2.24) is 4.98 Å². The normalized spacial score (nSPS) is 10.4. The molecule has 110 valence electrons. The minimum atomic E-state index is -1.14. The number of para-hydroxylation sites is 1. The highest BCUT2D eigenvalue weighted by Gasteiger charge is 2.19. The molecule has 0 saturated carbocycles. The molecule has 1 N–H and O–H groups in total. The zero-order valence-electron chi connectivity index (χ0n) is 12.0. The van der Waals surface area contributed by atoms with Gasteiger partial charge in [-0.1, -0.05) is 12.1 Å². The van der Waals surface area contributed by atoms with Crippen molar-refractivity contribution in [2.75, 3.05) is 11.4 Å². The Morgan fingerprint density at radius 3 is 2.62 bits per heavy atom. The highest BCUT2D eigenvalue weighted by Crippen LogP contribution is 2.26. The monoisotopic (exact) mass is 288 g/mol. The van der Waals surface area contributed by atoms with Gasteiger partial charge in [0.15, 0.2) is 0 Å². The van der Waals surface area contributed by atoms with Crippen LogP contribution in [0, 0.1) is 12.7 Å². The van der Waals surface area contributed by atoms with Gasteiger partial charge in [-0.15, -0.1) is 0 Å². The fourth-order valence-corrected chi connectivity index (χ4v) is 2.24. The SMILES string of the molecule is CCN(Cc1cccc(C)n1)c1c(F)cccc1C(=O)O. The Balaban J connectivity index is 2.40. The van der Waals surface area contributed by atoms with Crippen molar-refractivity contribution in [3.8, 4) is 0 Å². The van der Waals surface area contributed by atoms with Crippen molar-refractivity contribution >= 4 is 11.7 Å². The van der Waals surface area contributed by atoms with Crippen LogP contribution in [0.5, 0.6) is 0 Å². The molecule has 0 fully saturated rings. The molecule has 0 atom stereocenters. The van der Waals surface area contributed by atoms with E-state index in [1.807, 2.05) is 32.0 Å². The predicted octanol–water partition coefficient (Wildman–Crippen LogP) is 3.25. The second-order valence-corrected chi connectivity index (χ2v) is 4.73. The number of hydrogen-bond acceptors (Lipinski definition) is 3. The maximum atomic E-state index is 14.1. The smallest absolute Gasteiger partial charge is 0.337 e. The lowest BCUT2D eigenvalue weighted by Crippen LogP contribution is -2.26. The van der Waals surface area contributed by atoms with E-state index in [1.54, 1.807) is 4.90 Å². The van der Waals surface area contributed by atoms with Gasteiger partial charge in [-0.3, -0.25) is 4.98 Å². The number of rotatable bonds is 5. The lowest BCUT2D eigenvalue weighted by molar-refractivity contribution is 0.0697. The Labute approximate surface area is 122 Å².